The van der Waals surface area contributed by atoms with Gasteiger partial charge in [-0.05, 0) is 6.92 Å². The predicted molar refractivity (Wildman–Crippen MR) is 25.8 cm³/mol. The number of hydrogen-bond donors (Lipinski definition) is 0. The monoisotopic (exact) mass is 121 g/mol. The van der Waals surface area contributed by atoms with E-state index in [2.05, 4.69) is 10.2 Å². The fraction of sp³-hybridized carbons (Fsp3) is 1.00. The Labute approximate surface area is 45.3 Å². The molecule has 0 saturated carbocycles. The van der Waals surface area contributed by atoms with E-state index in [0.717, 1.165) is 6.92 Å². The minimum absolute atomic E-state index is 0.0795. The van der Waals surface area contributed by atoms with E-state index in [-0.39, 0.29) is 6.42 Å². The van der Waals surface area contributed by atoms with Gasteiger partial charge in [-0.1, -0.05) is 6.04 Å². The van der Waals surface area contributed by atoms with Crippen molar-refractivity contribution in [3.8, 4) is 0 Å². The van der Waals surface area contributed by atoms with E-state index in [9.17, 15) is 8.78 Å². The van der Waals surface area contributed by atoms with E-state index in [1.165, 1.54) is 0 Å². The van der Waals surface area contributed by atoms with E-state index in [1.807, 2.05) is 0 Å². The quantitative estimate of drug-likeness (QED) is 0.487. The summed E-state index contributed by atoms with van der Waals surface area (Å²) in [6.45, 7) is 0.910. The molecule has 7 heavy (non-hydrogen) atoms. The van der Waals surface area contributed by atoms with Crippen molar-refractivity contribution in [2.24, 2.45) is 0 Å². The van der Waals surface area contributed by atoms with Crippen LogP contribution in [0.5, 0.6) is 0 Å². The lowest BCUT2D eigenvalue weighted by molar-refractivity contribution is 0.0183. The lowest BCUT2D eigenvalue weighted by Gasteiger charge is -2.05. The molecule has 0 aromatic carbocycles. The summed E-state index contributed by atoms with van der Waals surface area (Å²) in [7, 11) is 2.95. The smallest absolute Gasteiger partial charge is 0.207 e. The average molecular weight is 121 g/mol. The molecule has 3 radical (unpaired) electrons. The van der Waals surface area contributed by atoms with E-state index < -0.39 is 5.92 Å². The minimum Gasteiger partial charge on any atom is -0.207 e. The van der Waals surface area contributed by atoms with Gasteiger partial charge < -0.3 is 0 Å². The van der Waals surface area contributed by atoms with Crippen LogP contribution in [0.1, 0.15) is 13.3 Å². The Morgan fingerprint density at radius 2 is 2.00 bits per heavy atom. The Hall–Kier alpha value is 0.0769. The lowest BCUT2D eigenvalue weighted by Crippen LogP contribution is -2.07. The molecule has 0 aliphatic rings. The van der Waals surface area contributed by atoms with Gasteiger partial charge in [-0.25, -0.2) is 8.78 Å². The zero-order chi connectivity index (χ0) is 5.91. The van der Waals surface area contributed by atoms with Crippen molar-refractivity contribution in [3.05, 3.63) is 0 Å². The van der Waals surface area contributed by atoms with Gasteiger partial charge >= 0.3 is 0 Å². The molecule has 0 aromatic rings. The van der Waals surface area contributed by atoms with Crippen molar-refractivity contribution in [1.82, 2.24) is 0 Å². The van der Waals surface area contributed by atoms with Gasteiger partial charge in [-0.3, -0.25) is 0 Å². The van der Waals surface area contributed by atoms with E-state index in [0.29, 0.717) is 6.04 Å². The largest absolute Gasteiger partial charge is 0.245 e. The van der Waals surface area contributed by atoms with Crippen LogP contribution in [0.4, 0.5) is 8.78 Å². The molecule has 0 aliphatic heterocycles. The molecule has 0 nitrogen and oxygen atoms in total. The first-order valence-corrected chi connectivity index (χ1v) is 2.79. The van der Waals surface area contributed by atoms with Crippen LogP contribution >= 0.6 is 0 Å². The zero-order valence-electron chi connectivity index (χ0n) is 4.17. The normalized spacial score (nSPS) is 12.0. The van der Waals surface area contributed by atoms with Crippen molar-refractivity contribution in [2.45, 2.75) is 25.3 Å². The zero-order valence-corrected chi connectivity index (χ0v) is 5.17. The first-order valence-electron chi connectivity index (χ1n) is 2.09. The second-order valence-corrected chi connectivity index (χ2v) is 2.07. The maximum Gasteiger partial charge on any atom is 0.245 e. The third-order valence-corrected chi connectivity index (χ3v) is 0.814. The van der Waals surface area contributed by atoms with Gasteiger partial charge in [-0.15, -0.1) is 0 Å². The molecule has 0 amide bonds. The molecule has 41 valence electrons. The van der Waals surface area contributed by atoms with Crippen molar-refractivity contribution in [2.75, 3.05) is 0 Å². The Morgan fingerprint density at radius 1 is 1.57 bits per heavy atom. The van der Waals surface area contributed by atoms with Crippen molar-refractivity contribution in [1.29, 1.82) is 0 Å². The van der Waals surface area contributed by atoms with Crippen molar-refractivity contribution >= 4 is 10.2 Å². The number of halogens is 2. The van der Waals surface area contributed by atoms with E-state index in [4.69, 9.17) is 0 Å². The van der Waals surface area contributed by atoms with Crippen LogP contribution < -0.4 is 0 Å². The van der Waals surface area contributed by atoms with Gasteiger partial charge in [0, 0.05) is 16.7 Å². The molecule has 0 bridgehead atoms. The van der Waals surface area contributed by atoms with Gasteiger partial charge in [0.15, 0.2) is 0 Å². The van der Waals surface area contributed by atoms with E-state index in [1.54, 1.807) is 0 Å². The Morgan fingerprint density at radius 3 is 2.00 bits per heavy atom. The standard InChI is InChI=1S/C4H7F2Si/c1-4(5,6)2-3-7/h2-3H2,1H3. The second kappa shape index (κ2) is 2.40. The van der Waals surface area contributed by atoms with Gasteiger partial charge in [0.05, 0.1) is 0 Å². The molecule has 0 fully saturated rings. The van der Waals surface area contributed by atoms with Gasteiger partial charge in [0.1, 0.15) is 0 Å². The molecule has 0 spiro atoms. The molecule has 0 aliphatic carbocycles. The van der Waals surface area contributed by atoms with Crippen molar-refractivity contribution in [3.63, 3.8) is 0 Å². The average Bonchev–Trinajstić information content (AvgIpc) is 1.30. The lowest BCUT2D eigenvalue weighted by atomic mass is 10.3. The summed E-state index contributed by atoms with van der Waals surface area (Å²) >= 11 is 0. The summed E-state index contributed by atoms with van der Waals surface area (Å²) in [6.07, 6.45) is -0.0795. The van der Waals surface area contributed by atoms with Crippen LogP contribution in [0.3, 0.4) is 0 Å². The van der Waals surface area contributed by atoms with Crippen LogP contribution in [0.15, 0.2) is 0 Å². The highest BCUT2D eigenvalue weighted by atomic mass is 28.1. The SMILES string of the molecule is CC(F)(F)CC[Si]. The highest BCUT2D eigenvalue weighted by Crippen LogP contribution is 2.17. The van der Waals surface area contributed by atoms with Gasteiger partial charge in [0.25, 0.3) is 0 Å². The number of rotatable bonds is 2. The maximum absolute atomic E-state index is 11.7. The molecule has 0 atom stereocenters. The highest BCUT2D eigenvalue weighted by Gasteiger charge is 2.17. The third-order valence-electron chi connectivity index (χ3n) is 0.564. The minimum atomic E-state index is -2.50. The highest BCUT2D eigenvalue weighted by molar-refractivity contribution is 6.08. The Kier molecular flexibility index (Phi) is 2.43. The van der Waals surface area contributed by atoms with Gasteiger partial charge in [0.2, 0.25) is 5.92 Å². The predicted octanol–water partition coefficient (Wildman–Crippen LogP) is 1.62. The molecule has 0 saturated heterocycles. The summed E-state index contributed by atoms with van der Waals surface area (Å²) in [4.78, 5) is 0. The molecular weight excluding hydrogens is 114 g/mol. The number of hydrogen-bond acceptors (Lipinski definition) is 0. The van der Waals surface area contributed by atoms with Crippen molar-refractivity contribution < 1.29 is 8.78 Å². The van der Waals surface area contributed by atoms with E-state index >= 15 is 0 Å². The molecular formula is C4H7F2Si. The Balaban J connectivity index is 3.15. The molecule has 0 rings (SSSR count). The first-order chi connectivity index (χ1) is 3.06. The second-order valence-electron chi connectivity index (χ2n) is 1.57. The summed E-state index contributed by atoms with van der Waals surface area (Å²) in [6, 6.07) is 0.365. The van der Waals surface area contributed by atoms with Crippen LogP contribution in [0, 0.1) is 0 Å². The third kappa shape index (κ3) is 6.08. The molecule has 0 heterocycles. The summed E-state index contributed by atoms with van der Waals surface area (Å²) < 4.78 is 23.4. The maximum atomic E-state index is 11.7. The van der Waals surface area contributed by atoms with Crippen LogP contribution in [0.25, 0.3) is 0 Å². The van der Waals surface area contributed by atoms with Crippen LogP contribution in [-0.2, 0) is 0 Å². The molecule has 0 unspecified atom stereocenters. The van der Waals surface area contributed by atoms with Crippen LogP contribution in [0.2, 0.25) is 6.04 Å². The summed E-state index contributed by atoms with van der Waals surface area (Å²) in [5.74, 6) is -2.50. The fourth-order valence-electron chi connectivity index (χ4n) is 0.219. The topological polar surface area (TPSA) is 0 Å². The molecule has 3 heteroatoms. The fourth-order valence-corrected chi connectivity index (χ4v) is 0.658. The molecule has 0 aromatic heterocycles. The van der Waals surface area contributed by atoms with Gasteiger partial charge in [-0.2, -0.15) is 0 Å². The first kappa shape index (κ1) is 7.08. The summed E-state index contributed by atoms with van der Waals surface area (Å²) in [5.41, 5.74) is 0. The summed E-state index contributed by atoms with van der Waals surface area (Å²) in [5, 5.41) is 0. The molecule has 0 N–H and O–H groups in total. The Bertz CT molecular complexity index is 48.1. The number of alkyl halides is 2. The van der Waals surface area contributed by atoms with Crippen LogP contribution in [-0.4, -0.2) is 16.2 Å².